The molecule has 2 N–H and O–H groups in total. The molecule has 0 aliphatic carbocycles. The first-order valence-corrected chi connectivity index (χ1v) is 5.97. The van der Waals surface area contributed by atoms with E-state index in [1.165, 1.54) is 0 Å². The number of benzene rings is 1. The lowest BCUT2D eigenvalue weighted by Gasteiger charge is -2.26. The Labute approximate surface area is 107 Å². The highest BCUT2D eigenvalue weighted by Gasteiger charge is 2.18. The highest BCUT2D eigenvalue weighted by atomic mass is 16.5. The number of hydrogen-bond donors (Lipinski definition) is 1. The molecule has 1 aromatic rings. The van der Waals surface area contributed by atoms with Gasteiger partial charge in [-0.05, 0) is 18.2 Å². The highest BCUT2D eigenvalue weighted by Crippen LogP contribution is 2.09. The first-order chi connectivity index (χ1) is 8.81. The molecule has 1 heterocycles. The van der Waals surface area contributed by atoms with E-state index in [1.54, 1.807) is 11.0 Å². The summed E-state index contributed by atoms with van der Waals surface area (Å²) in [5, 5.41) is 0. The molecule has 4 nitrogen and oxygen atoms in total. The summed E-state index contributed by atoms with van der Waals surface area (Å²) in [6, 6.07) is 7.33. The lowest BCUT2D eigenvalue weighted by molar-refractivity contribution is 0.0303. The Bertz CT molecular complexity index is 482. The number of ether oxygens (including phenoxy) is 1. The topological polar surface area (TPSA) is 55.6 Å². The van der Waals surface area contributed by atoms with Crippen molar-refractivity contribution in [3.05, 3.63) is 35.4 Å². The molecule has 0 radical (unpaired) electrons. The Morgan fingerprint density at radius 1 is 1.39 bits per heavy atom. The molecule has 0 aromatic heterocycles. The molecule has 0 bridgehead atoms. The van der Waals surface area contributed by atoms with E-state index in [9.17, 15) is 4.79 Å². The van der Waals surface area contributed by atoms with E-state index in [1.807, 2.05) is 18.2 Å². The van der Waals surface area contributed by atoms with Gasteiger partial charge < -0.3 is 15.4 Å². The zero-order valence-corrected chi connectivity index (χ0v) is 10.2. The smallest absolute Gasteiger partial charge is 0.254 e. The summed E-state index contributed by atoms with van der Waals surface area (Å²) in [6.07, 6.45) is 0. The highest BCUT2D eigenvalue weighted by molar-refractivity contribution is 5.94. The quantitative estimate of drug-likeness (QED) is 0.731. The minimum Gasteiger partial charge on any atom is -0.378 e. The summed E-state index contributed by atoms with van der Waals surface area (Å²) in [5.41, 5.74) is 6.81. The van der Waals surface area contributed by atoms with Gasteiger partial charge in [-0.3, -0.25) is 4.79 Å². The predicted molar refractivity (Wildman–Crippen MR) is 69.1 cm³/mol. The average molecular weight is 244 g/mol. The van der Waals surface area contributed by atoms with Crippen LogP contribution in [0, 0.1) is 11.8 Å². The Morgan fingerprint density at radius 3 is 2.89 bits per heavy atom. The molecule has 1 saturated heterocycles. The summed E-state index contributed by atoms with van der Waals surface area (Å²) in [5.74, 6) is 5.75. The van der Waals surface area contributed by atoms with Crippen LogP contribution in [0.3, 0.4) is 0 Å². The molecular weight excluding hydrogens is 228 g/mol. The maximum absolute atomic E-state index is 12.2. The van der Waals surface area contributed by atoms with Gasteiger partial charge in [-0.1, -0.05) is 17.9 Å². The van der Waals surface area contributed by atoms with E-state index in [0.29, 0.717) is 38.4 Å². The van der Waals surface area contributed by atoms with Crippen molar-refractivity contribution in [2.45, 2.75) is 0 Å². The third-order valence-electron chi connectivity index (χ3n) is 2.74. The van der Waals surface area contributed by atoms with Crippen molar-refractivity contribution >= 4 is 5.91 Å². The zero-order valence-electron chi connectivity index (χ0n) is 10.2. The second-order valence-electron chi connectivity index (χ2n) is 3.99. The van der Waals surface area contributed by atoms with Crippen LogP contribution >= 0.6 is 0 Å². The van der Waals surface area contributed by atoms with Crippen molar-refractivity contribution in [1.82, 2.24) is 4.90 Å². The van der Waals surface area contributed by atoms with Crippen molar-refractivity contribution in [3.63, 3.8) is 0 Å². The molecule has 1 aliphatic heterocycles. The van der Waals surface area contributed by atoms with E-state index in [4.69, 9.17) is 10.5 Å². The number of hydrogen-bond acceptors (Lipinski definition) is 3. The third kappa shape index (κ3) is 3.10. The Morgan fingerprint density at radius 2 is 2.17 bits per heavy atom. The molecule has 1 amide bonds. The fourth-order valence-electron chi connectivity index (χ4n) is 1.83. The number of amides is 1. The number of nitrogens with zero attached hydrogens (tertiary/aromatic N) is 1. The maximum Gasteiger partial charge on any atom is 0.254 e. The van der Waals surface area contributed by atoms with Crippen LogP contribution in [0.15, 0.2) is 24.3 Å². The van der Waals surface area contributed by atoms with Crippen LogP contribution in [-0.2, 0) is 4.74 Å². The minimum absolute atomic E-state index is 0.0368. The van der Waals surface area contributed by atoms with E-state index >= 15 is 0 Å². The second kappa shape index (κ2) is 6.20. The van der Waals surface area contributed by atoms with Crippen LogP contribution in [-0.4, -0.2) is 43.7 Å². The van der Waals surface area contributed by atoms with Gasteiger partial charge in [0.1, 0.15) is 0 Å². The SMILES string of the molecule is NCC#Cc1cccc(C(=O)N2CCOCC2)c1. The van der Waals surface area contributed by atoms with Crippen molar-refractivity contribution in [1.29, 1.82) is 0 Å². The number of nitrogens with two attached hydrogens (primary N) is 1. The zero-order chi connectivity index (χ0) is 12.8. The van der Waals surface area contributed by atoms with Crippen LogP contribution in [0.25, 0.3) is 0 Å². The monoisotopic (exact) mass is 244 g/mol. The lowest BCUT2D eigenvalue weighted by Crippen LogP contribution is -2.40. The molecule has 1 fully saturated rings. The molecule has 1 aliphatic rings. The van der Waals surface area contributed by atoms with Gasteiger partial charge in [-0.25, -0.2) is 0 Å². The number of carbonyl (C=O) groups excluding carboxylic acids is 1. The molecule has 0 spiro atoms. The summed E-state index contributed by atoms with van der Waals surface area (Å²) >= 11 is 0. The largest absolute Gasteiger partial charge is 0.378 e. The average Bonchev–Trinajstić information content (AvgIpc) is 2.45. The van der Waals surface area contributed by atoms with Crippen molar-refractivity contribution in [3.8, 4) is 11.8 Å². The van der Waals surface area contributed by atoms with Gasteiger partial charge in [0.2, 0.25) is 0 Å². The van der Waals surface area contributed by atoms with E-state index in [0.717, 1.165) is 5.56 Å². The van der Waals surface area contributed by atoms with Gasteiger partial charge in [0.15, 0.2) is 0 Å². The van der Waals surface area contributed by atoms with Crippen molar-refractivity contribution in [2.75, 3.05) is 32.8 Å². The van der Waals surface area contributed by atoms with Gasteiger partial charge in [0.05, 0.1) is 19.8 Å². The summed E-state index contributed by atoms with van der Waals surface area (Å²) in [6.45, 7) is 2.84. The molecule has 0 unspecified atom stereocenters. The van der Waals surface area contributed by atoms with Gasteiger partial charge in [-0.2, -0.15) is 0 Å². The number of carbonyl (C=O) groups is 1. The van der Waals surface area contributed by atoms with Gasteiger partial charge >= 0.3 is 0 Å². The molecule has 0 atom stereocenters. The van der Waals surface area contributed by atoms with Gasteiger partial charge in [-0.15, -0.1) is 0 Å². The molecular formula is C14H16N2O2. The summed E-state index contributed by atoms with van der Waals surface area (Å²) in [7, 11) is 0. The summed E-state index contributed by atoms with van der Waals surface area (Å²) in [4.78, 5) is 14.0. The van der Waals surface area contributed by atoms with Gasteiger partial charge in [0, 0.05) is 24.2 Å². The second-order valence-corrected chi connectivity index (χ2v) is 3.99. The standard InChI is InChI=1S/C14H16N2O2/c15-6-2-4-12-3-1-5-13(11-12)14(17)16-7-9-18-10-8-16/h1,3,5,11H,6-10,15H2. The molecule has 94 valence electrons. The van der Waals surface area contributed by atoms with Crippen molar-refractivity contribution in [2.24, 2.45) is 5.73 Å². The first kappa shape index (κ1) is 12.6. The van der Waals surface area contributed by atoms with E-state index in [-0.39, 0.29) is 5.91 Å². The Balaban J connectivity index is 2.14. The molecule has 4 heteroatoms. The molecule has 0 saturated carbocycles. The van der Waals surface area contributed by atoms with Crippen LogP contribution in [0.5, 0.6) is 0 Å². The first-order valence-electron chi connectivity index (χ1n) is 5.97. The third-order valence-corrected chi connectivity index (χ3v) is 2.74. The normalized spacial score (nSPS) is 14.8. The van der Waals surface area contributed by atoms with Crippen molar-refractivity contribution < 1.29 is 9.53 Å². The molecule has 18 heavy (non-hydrogen) atoms. The fraction of sp³-hybridized carbons (Fsp3) is 0.357. The maximum atomic E-state index is 12.2. The minimum atomic E-state index is 0.0368. The number of rotatable bonds is 1. The van der Waals surface area contributed by atoms with Crippen LogP contribution in [0.2, 0.25) is 0 Å². The summed E-state index contributed by atoms with van der Waals surface area (Å²) < 4.78 is 5.23. The molecule has 1 aromatic carbocycles. The van der Waals surface area contributed by atoms with Gasteiger partial charge in [0.25, 0.3) is 5.91 Å². The van der Waals surface area contributed by atoms with E-state index < -0.39 is 0 Å². The molecule has 2 rings (SSSR count). The van der Waals surface area contributed by atoms with Crippen LogP contribution in [0.4, 0.5) is 0 Å². The van der Waals surface area contributed by atoms with Crippen LogP contribution in [0.1, 0.15) is 15.9 Å². The Kier molecular flexibility index (Phi) is 4.35. The van der Waals surface area contributed by atoms with Crippen LogP contribution < -0.4 is 5.73 Å². The Hall–Kier alpha value is -1.83. The fourth-order valence-corrected chi connectivity index (χ4v) is 1.83. The predicted octanol–water partition coefficient (Wildman–Crippen LogP) is 0.469. The lowest BCUT2D eigenvalue weighted by atomic mass is 10.1. The number of morpholine rings is 1. The van der Waals surface area contributed by atoms with E-state index in [2.05, 4.69) is 11.8 Å².